The molecular weight excluding hydrogens is 444 g/mol. The predicted molar refractivity (Wildman–Crippen MR) is 155 cm³/mol. The average Bonchev–Trinajstić information content (AvgIpc) is 2.86. The standard InChI is InChI=1S/C32H56N2O2/c1-4-5-6-7-8-9-10-11-12-13-14-15-16-17-18-19-20-21-22-23-31(35)33-30-26-24-29(25-27-30)28-32(36)34(2)3/h24-27H,4-23,28H2,1-3H3,(H,33,35). The first-order valence-corrected chi connectivity index (χ1v) is 15.1. The van der Waals surface area contributed by atoms with E-state index in [-0.39, 0.29) is 11.8 Å². The van der Waals surface area contributed by atoms with Crippen molar-refractivity contribution < 1.29 is 9.59 Å². The van der Waals surface area contributed by atoms with Crippen LogP contribution in [0.4, 0.5) is 5.69 Å². The molecule has 0 fully saturated rings. The number of carbonyl (C=O) groups excluding carboxylic acids is 2. The van der Waals surface area contributed by atoms with Crippen LogP contribution in [0, 0.1) is 0 Å². The zero-order chi connectivity index (χ0) is 26.3. The molecule has 0 saturated heterocycles. The number of likely N-dealkylation sites (N-methyl/N-ethyl adjacent to an activating group) is 1. The lowest BCUT2D eigenvalue weighted by molar-refractivity contribution is -0.128. The molecule has 1 aromatic carbocycles. The molecular formula is C32H56N2O2. The maximum Gasteiger partial charge on any atom is 0.226 e. The second kappa shape index (κ2) is 22.4. The summed E-state index contributed by atoms with van der Waals surface area (Å²) >= 11 is 0. The number of carbonyl (C=O) groups is 2. The lowest BCUT2D eigenvalue weighted by Crippen LogP contribution is -2.23. The van der Waals surface area contributed by atoms with Crippen LogP contribution in [0.5, 0.6) is 0 Å². The van der Waals surface area contributed by atoms with Gasteiger partial charge in [0.15, 0.2) is 0 Å². The van der Waals surface area contributed by atoms with Gasteiger partial charge >= 0.3 is 0 Å². The van der Waals surface area contributed by atoms with E-state index in [1.807, 2.05) is 24.3 Å². The van der Waals surface area contributed by atoms with Crippen molar-refractivity contribution in [3.05, 3.63) is 29.8 Å². The van der Waals surface area contributed by atoms with Crippen molar-refractivity contribution in [3.63, 3.8) is 0 Å². The van der Waals surface area contributed by atoms with Crippen LogP contribution in [0.1, 0.15) is 141 Å². The Morgan fingerprint density at radius 3 is 1.39 bits per heavy atom. The third-order valence-electron chi connectivity index (χ3n) is 7.10. The summed E-state index contributed by atoms with van der Waals surface area (Å²) in [5.74, 6) is 0.162. The Hall–Kier alpha value is -1.84. The van der Waals surface area contributed by atoms with Crippen molar-refractivity contribution >= 4 is 17.5 Å². The van der Waals surface area contributed by atoms with Gasteiger partial charge in [-0.25, -0.2) is 0 Å². The van der Waals surface area contributed by atoms with Gasteiger partial charge in [0, 0.05) is 26.2 Å². The molecule has 0 aromatic heterocycles. The topological polar surface area (TPSA) is 49.4 Å². The lowest BCUT2D eigenvalue weighted by atomic mass is 10.0. The molecule has 0 aliphatic carbocycles. The Bertz CT molecular complexity index is 669. The minimum atomic E-state index is 0.0798. The van der Waals surface area contributed by atoms with Crippen molar-refractivity contribution in [2.45, 2.75) is 142 Å². The summed E-state index contributed by atoms with van der Waals surface area (Å²) in [5, 5.41) is 2.97. The molecule has 0 bridgehead atoms. The number of nitrogens with one attached hydrogen (secondary N) is 1. The van der Waals surface area contributed by atoms with Gasteiger partial charge in [-0.3, -0.25) is 9.59 Å². The van der Waals surface area contributed by atoms with Gasteiger partial charge < -0.3 is 10.2 Å². The number of benzene rings is 1. The fraction of sp³-hybridized carbons (Fsp3) is 0.750. The van der Waals surface area contributed by atoms with Gasteiger partial charge in [-0.1, -0.05) is 135 Å². The fourth-order valence-electron chi connectivity index (χ4n) is 4.63. The summed E-state index contributed by atoms with van der Waals surface area (Å²) in [5.41, 5.74) is 1.77. The van der Waals surface area contributed by atoms with Gasteiger partial charge in [0.1, 0.15) is 0 Å². The third kappa shape index (κ3) is 18.4. The molecule has 0 radical (unpaired) electrons. The van der Waals surface area contributed by atoms with Crippen molar-refractivity contribution in [1.29, 1.82) is 0 Å². The van der Waals surface area contributed by atoms with Crippen LogP contribution in [0.3, 0.4) is 0 Å². The van der Waals surface area contributed by atoms with Crippen LogP contribution >= 0.6 is 0 Å². The van der Waals surface area contributed by atoms with Crippen LogP contribution in [0.25, 0.3) is 0 Å². The summed E-state index contributed by atoms with van der Waals surface area (Å²) in [6, 6.07) is 7.59. The molecule has 4 nitrogen and oxygen atoms in total. The summed E-state index contributed by atoms with van der Waals surface area (Å²) in [6.45, 7) is 2.29. The van der Waals surface area contributed by atoms with E-state index in [2.05, 4.69) is 12.2 Å². The number of nitrogens with zero attached hydrogens (tertiary/aromatic N) is 1. The highest BCUT2D eigenvalue weighted by Gasteiger charge is 2.06. The van der Waals surface area contributed by atoms with Crippen LogP contribution in [-0.2, 0) is 16.0 Å². The van der Waals surface area contributed by atoms with Crippen molar-refractivity contribution in [1.82, 2.24) is 4.90 Å². The molecule has 0 aliphatic heterocycles. The quantitative estimate of drug-likeness (QED) is 0.152. The molecule has 4 heteroatoms. The van der Waals surface area contributed by atoms with E-state index in [4.69, 9.17) is 0 Å². The minimum absolute atomic E-state index is 0.0798. The maximum atomic E-state index is 12.2. The first kappa shape index (κ1) is 32.2. The Morgan fingerprint density at radius 2 is 1.00 bits per heavy atom. The molecule has 0 heterocycles. The van der Waals surface area contributed by atoms with E-state index >= 15 is 0 Å². The Balaban J connectivity index is 1.87. The Kier molecular flexibility index (Phi) is 20.0. The van der Waals surface area contributed by atoms with Crippen LogP contribution in [0.15, 0.2) is 24.3 Å². The van der Waals surface area contributed by atoms with Gasteiger partial charge in [0.25, 0.3) is 0 Å². The highest BCUT2D eigenvalue weighted by atomic mass is 16.2. The fourth-order valence-corrected chi connectivity index (χ4v) is 4.63. The Labute approximate surface area is 223 Å². The highest BCUT2D eigenvalue weighted by Crippen LogP contribution is 2.15. The van der Waals surface area contributed by atoms with Gasteiger partial charge in [0.05, 0.1) is 6.42 Å². The van der Waals surface area contributed by atoms with Crippen molar-refractivity contribution in [2.75, 3.05) is 19.4 Å². The molecule has 0 unspecified atom stereocenters. The number of anilines is 1. The third-order valence-corrected chi connectivity index (χ3v) is 7.10. The number of rotatable bonds is 23. The molecule has 0 spiro atoms. The van der Waals surface area contributed by atoms with Gasteiger partial charge in [0.2, 0.25) is 11.8 Å². The van der Waals surface area contributed by atoms with Crippen molar-refractivity contribution in [3.8, 4) is 0 Å². The van der Waals surface area contributed by atoms with Crippen LogP contribution < -0.4 is 5.32 Å². The molecule has 0 aliphatic rings. The smallest absolute Gasteiger partial charge is 0.226 e. The average molecular weight is 501 g/mol. The molecule has 1 N–H and O–H groups in total. The highest BCUT2D eigenvalue weighted by molar-refractivity contribution is 5.90. The van der Waals surface area contributed by atoms with E-state index in [1.165, 1.54) is 109 Å². The molecule has 36 heavy (non-hydrogen) atoms. The first-order valence-electron chi connectivity index (χ1n) is 15.1. The van der Waals surface area contributed by atoms with Crippen LogP contribution in [-0.4, -0.2) is 30.8 Å². The Morgan fingerprint density at radius 1 is 0.611 bits per heavy atom. The monoisotopic (exact) mass is 500 g/mol. The van der Waals surface area contributed by atoms with E-state index < -0.39 is 0 Å². The molecule has 1 aromatic rings. The molecule has 1 rings (SSSR count). The second-order valence-electron chi connectivity index (χ2n) is 10.8. The number of hydrogen-bond donors (Lipinski definition) is 1. The predicted octanol–water partition coefficient (Wildman–Crippen LogP) is 9.08. The van der Waals surface area contributed by atoms with E-state index in [9.17, 15) is 9.59 Å². The largest absolute Gasteiger partial charge is 0.349 e. The summed E-state index contributed by atoms with van der Waals surface area (Å²) < 4.78 is 0. The normalized spacial score (nSPS) is 11.0. The maximum absolute atomic E-state index is 12.2. The first-order chi connectivity index (χ1) is 17.5. The van der Waals surface area contributed by atoms with E-state index in [0.29, 0.717) is 12.8 Å². The molecule has 2 amide bonds. The molecule has 0 atom stereocenters. The van der Waals surface area contributed by atoms with Gasteiger partial charge in [-0.05, 0) is 24.1 Å². The minimum Gasteiger partial charge on any atom is -0.349 e. The van der Waals surface area contributed by atoms with Gasteiger partial charge in [-0.15, -0.1) is 0 Å². The van der Waals surface area contributed by atoms with E-state index in [1.54, 1.807) is 19.0 Å². The zero-order valence-electron chi connectivity index (χ0n) is 23.9. The number of hydrogen-bond acceptors (Lipinski definition) is 2. The number of unbranched alkanes of at least 4 members (excludes halogenated alkanes) is 18. The lowest BCUT2D eigenvalue weighted by Gasteiger charge is -2.10. The zero-order valence-corrected chi connectivity index (χ0v) is 23.9. The summed E-state index contributed by atoms with van der Waals surface area (Å²) in [7, 11) is 3.52. The second-order valence-corrected chi connectivity index (χ2v) is 10.8. The van der Waals surface area contributed by atoms with E-state index in [0.717, 1.165) is 24.1 Å². The number of amides is 2. The summed E-state index contributed by atoms with van der Waals surface area (Å²) in [4.78, 5) is 25.5. The molecule has 206 valence electrons. The summed E-state index contributed by atoms with van der Waals surface area (Å²) in [6.07, 6.45) is 26.8. The van der Waals surface area contributed by atoms with Gasteiger partial charge in [-0.2, -0.15) is 0 Å². The van der Waals surface area contributed by atoms with Crippen molar-refractivity contribution in [2.24, 2.45) is 0 Å². The SMILES string of the molecule is CCCCCCCCCCCCCCCCCCCCCC(=O)Nc1ccc(CC(=O)N(C)C)cc1. The molecule has 0 saturated carbocycles. The van der Waals surface area contributed by atoms with Crippen LogP contribution in [0.2, 0.25) is 0 Å².